The number of nitrogens with zero attached hydrogens (tertiary/aromatic N) is 1. The van der Waals surface area contributed by atoms with Gasteiger partial charge in [0.25, 0.3) is 0 Å². The first-order valence-electron chi connectivity index (χ1n) is 5.33. The second-order valence-electron chi connectivity index (χ2n) is 5.40. The minimum atomic E-state index is 0.311. The maximum atomic E-state index is 9.34. The van der Waals surface area contributed by atoms with Crippen LogP contribution in [-0.2, 0) is 6.54 Å². The van der Waals surface area contributed by atoms with Gasteiger partial charge in [-0.1, -0.05) is 32.9 Å². The normalized spacial score (nSPS) is 12.1. The van der Waals surface area contributed by atoms with E-state index in [1.165, 1.54) is 0 Å². The van der Waals surface area contributed by atoms with Crippen molar-refractivity contribution < 1.29 is 5.11 Å². The van der Waals surface area contributed by atoms with Crippen LogP contribution in [0.15, 0.2) is 24.3 Å². The van der Waals surface area contributed by atoms with E-state index in [0.29, 0.717) is 11.2 Å². The molecule has 0 aliphatic rings. The molecule has 84 valence electrons. The van der Waals surface area contributed by atoms with E-state index in [4.69, 9.17) is 0 Å². The fourth-order valence-electron chi connectivity index (χ4n) is 1.83. The Balaban J connectivity index is 2.55. The number of hydrogen-bond donors (Lipinski definition) is 1. The molecule has 0 aromatic heterocycles. The van der Waals surface area contributed by atoms with E-state index < -0.39 is 0 Å². The van der Waals surface area contributed by atoms with Gasteiger partial charge >= 0.3 is 0 Å². The lowest BCUT2D eigenvalue weighted by Gasteiger charge is -2.26. The highest BCUT2D eigenvalue weighted by Gasteiger charge is 2.13. The highest BCUT2D eigenvalue weighted by atomic mass is 16.3. The quantitative estimate of drug-likeness (QED) is 0.823. The number of benzene rings is 1. The van der Waals surface area contributed by atoms with Crippen LogP contribution < -0.4 is 0 Å². The van der Waals surface area contributed by atoms with Crippen LogP contribution in [0.4, 0.5) is 0 Å². The van der Waals surface area contributed by atoms with Crippen molar-refractivity contribution in [3.05, 3.63) is 29.8 Å². The Hall–Kier alpha value is -1.02. The van der Waals surface area contributed by atoms with E-state index in [1.54, 1.807) is 6.07 Å². The van der Waals surface area contributed by atoms with E-state index in [1.807, 2.05) is 18.2 Å². The molecular weight excluding hydrogens is 186 g/mol. The molecule has 1 N–H and O–H groups in total. The summed E-state index contributed by atoms with van der Waals surface area (Å²) in [6.07, 6.45) is 0. The molecule has 1 aromatic carbocycles. The molecule has 15 heavy (non-hydrogen) atoms. The fraction of sp³-hybridized carbons (Fsp3) is 0.538. The van der Waals surface area contributed by atoms with Crippen LogP contribution in [0.5, 0.6) is 5.75 Å². The Morgan fingerprint density at radius 2 is 1.93 bits per heavy atom. The second-order valence-corrected chi connectivity index (χ2v) is 5.40. The van der Waals surface area contributed by atoms with Gasteiger partial charge in [0.2, 0.25) is 0 Å². The SMILES string of the molecule is CN(Cc1cccc(O)c1)CC(C)(C)C. The van der Waals surface area contributed by atoms with Crippen LogP contribution >= 0.6 is 0 Å². The molecule has 2 nitrogen and oxygen atoms in total. The van der Waals surface area contributed by atoms with Gasteiger partial charge in [-0.2, -0.15) is 0 Å². The van der Waals surface area contributed by atoms with Crippen LogP contribution in [-0.4, -0.2) is 23.6 Å². The van der Waals surface area contributed by atoms with E-state index >= 15 is 0 Å². The van der Waals surface area contributed by atoms with Crippen molar-refractivity contribution >= 4 is 0 Å². The van der Waals surface area contributed by atoms with Crippen LogP contribution in [0.2, 0.25) is 0 Å². The molecule has 0 fully saturated rings. The van der Waals surface area contributed by atoms with Crippen LogP contribution in [0.25, 0.3) is 0 Å². The van der Waals surface area contributed by atoms with Crippen molar-refractivity contribution in [3.8, 4) is 5.75 Å². The zero-order chi connectivity index (χ0) is 11.5. The molecular formula is C13H21NO. The summed E-state index contributed by atoms with van der Waals surface area (Å²) in [6.45, 7) is 8.61. The molecule has 1 rings (SSSR count). The second kappa shape index (κ2) is 4.67. The third-order valence-corrected chi connectivity index (χ3v) is 2.11. The zero-order valence-electron chi connectivity index (χ0n) is 10.1. The molecule has 0 saturated carbocycles. The van der Waals surface area contributed by atoms with Crippen LogP contribution in [0.3, 0.4) is 0 Å². The van der Waals surface area contributed by atoms with Gasteiger partial charge in [-0.15, -0.1) is 0 Å². The van der Waals surface area contributed by atoms with Crippen LogP contribution in [0.1, 0.15) is 26.3 Å². The van der Waals surface area contributed by atoms with Gasteiger partial charge < -0.3 is 10.0 Å². The van der Waals surface area contributed by atoms with Gasteiger partial charge in [-0.3, -0.25) is 0 Å². The highest BCUT2D eigenvalue weighted by Crippen LogP contribution is 2.17. The Bertz CT molecular complexity index is 315. The molecule has 0 amide bonds. The van der Waals surface area contributed by atoms with E-state index in [9.17, 15) is 5.11 Å². The summed E-state index contributed by atoms with van der Waals surface area (Å²) in [5.41, 5.74) is 1.47. The molecule has 0 radical (unpaired) electrons. The summed E-state index contributed by atoms with van der Waals surface area (Å²) in [6, 6.07) is 7.45. The van der Waals surface area contributed by atoms with Gasteiger partial charge in [-0.05, 0) is 30.2 Å². The average molecular weight is 207 g/mol. The Kier molecular flexibility index (Phi) is 3.75. The predicted octanol–water partition coefficient (Wildman–Crippen LogP) is 2.87. The van der Waals surface area contributed by atoms with E-state index in [2.05, 4.69) is 32.7 Å². The lowest BCUT2D eigenvalue weighted by atomic mass is 9.96. The molecule has 0 saturated heterocycles. The van der Waals surface area contributed by atoms with Crippen molar-refractivity contribution in [3.63, 3.8) is 0 Å². The highest BCUT2D eigenvalue weighted by molar-refractivity contribution is 5.26. The fourth-order valence-corrected chi connectivity index (χ4v) is 1.83. The van der Waals surface area contributed by atoms with Crippen molar-refractivity contribution in [2.75, 3.05) is 13.6 Å². The minimum absolute atomic E-state index is 0.311. The zero-order valence-corrected chi connectivity index (χ0v) is 10.1. The Labute approximate surface area is 92.5 Å². The lowest BCUT2D eigenvalue weighted by Crippen LogP contribution is -2.28. The summed E-state index contributed by atoms with van der Waals surface area (Å²) in [4.78, 5) is 2.27. The maximum absolute atomic E-state index is 9.34. The molecule has 0 bridgehead atoms. The number of phenolic OH excluding ortho intramolecular Hbond substituents is 1. The third-order valence-electron chi connectivity index (χ3n) is 2.11. The monoisotopic (exact) mass is 207 g/mol. The van der Waals surface area contributed by atoms with Gasteiger partial charge in [0, 0.05) is 13.1 Å². The van der Waals surface area contributed by atoms with Gasteiger partial charge in [-0.25, -0.2) is 0 Å². The molecule has 0 heterocycles. The smallest absolute Gasteiger partial charge is 0.115 e. The molecule has 0 atom stereocenters. The lowest BCUT2D eigenvalue weighted by molar-refractivity contribution is 0.220. The van der Waals surface area contributed by atoms with Gasteiger partial charge in [0.15, 0.2) is 0 Å². The first kappa shape index (κ1) is 12.1. The largest absolute Gasteiger partial charge is 0.508 e. The molecule has 2 heteroatoms. The minimum Gasteiger partial charge on any atom is -0.508 e. The standard InChI is InChI=1S/C13H21NO/c1-13(2,3)10-14(4)9-11-6-5-7-12(15)8-11/h5-8,15H,9-10H2,1-4H3. The average Bonchev–Trinajstić information content (AvgIpc) is 1.99. The van der Waals surface area contributed by atoms with Crippen molar-refractivity contribution in [1.29, 1.82) is 0 Å². The van der Waals surface area contributed by atoms with Gasteiger partial charge in [0.05, 0.1) is 0 Å². The van der Waals surface area contributed by atoms with E-state index in [0.717, 1.165) is 18.7 Å². The summed E-state index contributed by atoms with van der Waals surface area (Å²) in [5.74, 6) is 0.344. The molecule has 0 aliphatic heterocycles. The third kappa shape index (κ3) is 4.84. The first-order valence-corrected chi connectivity index (χ1v) is 5.33. The summed E-state index contributed by atoms with van der Waals surface area (Å²) in [5, 5.41) is 9.34. The van der Waals surface area contributed by atoms with Crippen molar-refractivity contribution in [2.24, 2.45) is 5.41 Å². The Morgan fingerprint density at radius 1 is 1.27 bits per heavy atom. The molecule has 0 spiro atoms. The topological polar surface area (TPSA) is 23.5 Å². The Morgan fingerprint density at radius 3 is 2.47 bits per heavy atom. The number of rotatable bonds is 3. The number of hydrogen-bond acceptors (Lipinski definition) is 2. The number of aromatic hydroxyl groups is 1. The molecule has 0 aliphatic carbocycles. The first-order chi connectivity index (χ1) is 6.87. The van der Waals surface area contributed by atoms with Crippen molar-refractivity contribution in [1.82, 2.24) is 4.90 Å². The maximum Gasteiger partial charge on any atom is 0.115 e. The van der Waals surface area contributed by atoms with Crippen LogP contribution in [0, 0.1) is 5.41 Å². The summed E-state index contributed by atoms with van der Waals surface area (Å²) < 4.78 is 0. The predicted molar refractivity (Wildman–Crippen MR) is 63.9 cm³/mol. The number of phenols is 1. The summed E-state index contributed by atoms with van der Waals surface area (Å²) in [7, 11) is 2.11. The molecule has 1 aromatic rings. The van der Waals surface area contributed by atoms with E-state index in [-0.39, 0.29) is 0 Å². The summed E-state index contributed by atoms with van der Waals surface area (Å²) >= 11 is 0. The molecule has 0 unspecified atom stereocenters. The van der Waals surface area contributed by atoms with Crippen molar-refractivity contribution in [2.45, 2.75) is 27.3 Å². The van der Waals surface area contributed by atoms with Gasteiger partial charge in [0.1, 0.15) is 5.75 Å².